The molecular weight excluding hydrogens is 262 g/mol. The molecule has 116 valence electrons. The second-order valence-corrected chi connectivity index (χ2v) is 5.11. The van der Waals surface area contributed by atoms with E-state index in [1.165, 1.54) is 4.90 Å². The van der Waals surface area contributed by atoms with Crippen LogP contribution in [-0.2, 0) is 9.59 Å². The number of aliphatic carboxylic acids is 1. The molecule has 0 saturated carbocycles. The van der Waals surface area contributed by atoms with Crippen LogP contribution in [0.2, 0.25) is 0 Å². The van der Waals surface area contributed by atoms with Crippen molar-refractivity contribution in [3.63, 3.8) is 0 Å². The third-order valence-corrected chi connectivity index (χ3v) is 2.85. The van der Waals surface area contributed by atoms with Gasteiger partial charge in [-0.15, -0.1) is 0 Å². The van der Waals surface area contributed by atoms with E-state index in [0.717, 1.165) is 0 Å². The zero-order valence-corrected chi connectivity index (χ0v) is 12.8. The first-order valence-electron chi connectivity index (χ1n) is 6.78. The molecule has 7 heteroatoms. The summed E-state index contributed by atoms with van der Waals surface area (Å²) >= 11 is 0. The Morgan fingerprint density at radius 2 is 1.65 bits per heavy atom. The number of carboxylic acid groups (broad SMARTS) is 1. The number of carboxylic acids is 1. The molecule has 7 nitrogen and oxygen atoms in total. The predicted molar refractivity (Wildman–Crippen MR) is 75.4 cm³/mol. The third-order valence-electron chi connectivity index (χ3n) is 2.85. The van der Waals surface area contributed by atoms with E-state index >= 15 is 0 Å². The minimum Gasteiger partial charge on any atom is -0.480 e. The molecular formula is C13H25N3O4. The van der Waals surface area contributed by atoms with Crippen LogP contribution in [0, 0.1) is 0 Å². The first-order valence-corrected chi connectivity index (χ1v) is 6.78. The van der Waals surface area contributed by atoms with Gasteiger partial charge in [-0.3, -0.25) is 9.59 Å². The number of amides is 3. The summed E-state index contributed by atoms with van der Waals surface area (Å²) in [5.74, 6) is -1.38. The molecule has 2 atom stereocenters. The van der Waals surface area contributed by atoms with E-state index < -0.39 is 18.0 Å². The monoisotopic (exact) mass is 287 g/mol. The summed E-state index contributed by atoms with van der Waals surface area (Å²) < 4.78 is 0. The molecule has 0 aliphatic rings. The fourth-order valence-electron chi connectivity index (χ4n) is 1.54. The van der Waals surface area contributed by atoms with E-state index in [9.17, 15) is 14.4 Å². The van der Waals surface area contributed by atoms with Gasteiger partial charge >= 0.3 is 12.0 Å². The Morgan fingerprint density at radius 1 is 1.10 bits per heavy atom. The number of hydrogen-bond donors (Lipinski definition) is 3. The van der Waals surface area contributed by atoms with E-state index in [4.69, 9.17) is 5.11 Å². The van der Waals surface area contributed by atoms with Gasteiger partial charge in [0.05, 0.1) is 0 Å². The van der Waals surface area contributed by atoms with Crippen molar-refractivity contribution in [2.24, 2.45) is 0 Å². The summed E-state index contributed by atoms with van der Waals surface area (Å²) in [6, 6.07) is -1.50. The summed E-state index contributed by atoms with van der Waals surface area (Å²) in [5.41, 5.74) is 0. The zero-order chi connectivity index (χ0) is 15.9. The highest BCUT2D eigenvalue weighted by Crippen LogP contribution is 2.04. The molecule has 20 heavy (non-hydrogen) atoms. The average Bonchev–Trinajstić information content (AvgIpc) is 2.33. The first-order chi connectivity index (χ1) is 9.18. The number of carbonyl (C=O) groups is 3. The SMILES string of the molecule is CCC(C)N(CC(=O)O)C(=O)NC(C)C(=O)NC(C)C. The third kappa shape index (κ3) is 6.40. The molecule has 0 aliphatic heterocycles. The molecule has 0 radical (unpaired) electrons. The molecule has 0 aromatic heterocycles. The van der Waals surface area contributed by atoms with E-state index in [1.54, 1.807) is 13.8 Å². The molecule has 0 rings (SSSR count). The van der Waals surface area contributed by atoms with Crippen molar-refractivity contribution in [3.8, 4) is 0 Å². The standard InChI is InChI=1S/C13H25N3O4/c1-6-9(4)16(7-11(17)18)13(20)15-10(5)12(19)14-8(2)3/h8-10H,6-7H2,1-5H3,(H,14,19)(H,15,20)(H,17,18). The number of urea groups is 1. The zero-order valence-electron chi connectivity index (χ0n) is 12.8. The maximum atomic E-state index is 12.1. The molecule has 0 saturated heterocycles. The number of rotatable bonds is 7. The lowest BCUT2D eigenvalue weighted by Gasteiger charge is -2.28. The molecule has 0 fully saturated rings. The van der Waals surface area contributed by atoms with E-state index in [2.05, 4.69) is 10.6 Å². The maximum Gasteiger partial charge on any atom is 0.323 e. The fourth-order valence-corrected chi connectivity index (χ4v) is 1.54. The number of nitrogens with zero attached hydrogens (tertiary/aromatic N) is 1. The van der Waals surface area contributed by atoms with Crippen LogP contribution in [0.3, 0.4) is 0 Å². The summed E-state index contributed by atoms with van der Waals surface area (Å²) in [6.07, 6.45) is 0.632. The Balaban J connectivity index is 4.66. The number of hydrogen-bond acceptors (Lipinski definition) is 3. The number of nitrogens with one attached hydrogen (secondary N) is 2. The van der Waals surface area contributed by atoms with Gasteiger partial charge < -0.3 is 20.6 Å². The fraction of sp³-hybridized carbons (Fsp3) is 0.769. The van der Waals surface area contributed by atoms with Crippen molar-refractivity contribution in [3.05, 3.63) is 0 Å². The highest BCUT2D eigenvalue weighted by Gasteiger charge is 2.24. The quantitative estimate of drug-likeness (QED) is 0.645. The Labute approximate surface area is 119 Å². The topological polar surface area (TPSA) is 98.7 Å². The largest absolute Gasteiger partial charge is 0.480 e. The Bertz CT molecular complexity index is 358. The summed E-state index contributed by atoms with van der Waals surface area (Å²) in [6.45, 7) is 8.44. The van der Waals surface area contributed by atoms with Gasteiger partial charge in [-0.2, -0.15) is 0 Å². The van der Waals surface area contributed by atoms with Crippen LogP contribution in [0.25, 0.3) is 0 Å². The molecule has 3 N–H and O–H groups in total. The smallest absolute Gasteiger partial charge is 0.323 e. The Hall–Kier alpha value is -1.79. The van der Waals surface area contributed by atoms with Crippen molar-refractivity contribution in [2.45, 2.75) is 59.2 Å². The van der Waals surface area contributed by atoms with Gasteiger partial charge in [0.15, 0.2) is 0 Å². The molecule has 0 bridgehead atoms. The van der Waals surface area contributed by atoms with Gasteiger partial charge in [0.25, 0.3) is 0 Å². The Morgan fingerprint density at radius 3 is 2.05 bits per heavy atom. The lowest BCUT2D eigenvalue weighted by atomic mass is 10.2. The predicted octanol–water partition coefficient (Wildman–Crippen LogP) is 0.794. The van der Waals surface area contributed by atoms with E-state index in [1.807, 2.05) is 20.8 Å². The molecule has 0 aromatic rings. The van der Waals surface area contributed by atoms with E-state index in [-0.39, 0.29) is 24.5 Å². The second-order valence-electron chi connectivity index (χ2n) is 5.11. The minimum absolute atomic E-state index is 0.0217. The first kappa shape index (κ1) is 18.2. The van der Waals surface area contributed by atoms with Crippen LogP contribution < -0.4 is 10.6 Å². The van der Waals surface area contributed by atoms with Crippen molar-refractivity contribution in [2.75, 3.05) is 6.54 Å². The highest BCUT2D eigenvalue weighted by molar-refractivity contribution is 5.88. The summed E-state index contributed by atoms with van der Waals surface area (Å²) in [7, 11) is 0. The summed E-state index contributed by atoms with van der Waals surface area (Å²) in [5, 5.41) is 14.0. The minimum atomic E-state index is -1.08. The van der Waals surface area contributed by atoms with Gasteiger partial charge in [-0.25, -0.2) is 4.79 Å². The second kappa shape index (κ2) is 8.39. The lowest BCUT2D eigenvalue weighted by molar-refractivity contribution is -0.138. The normalized spacial score (nSPS) is 13.5. The average molecular weight is 287 g/mol. The molecule has 2 unspecified atom stereocenters. The van der Waals surface area contributed by atoms with Gasteiger partial charge in [-0.05, 0) is 34.1 Å². The van der Waals surface area contributed by atoms with E-state index in [0.29, 0.717) is 6.42 Å². The van der Waals surface area contributed by atoms with Gasteiger partial charge in [0.2, 0.25) is 5.91 Å². The van der Waals surface area contributed by atoms with Crippen LogP contribution in [0.4, 0.5) is 4.79 Å². The van der Waals surface area contributed by atoms with Crippen LogP contribution in [-0.4, -0.2) is 52.6 Å². The molecule has 0 spiro atoms. The van der Waals surface area contributed by atoms with Crippen LogP contribution in [0.1, 0.15) is 41.0 Å². The van der Waals surface area contributed by atoms with Gasteiger partial charge in [-0.1, -0.05) is 6.92 Å². The van der Waals surface area contributed by atoms with Crippen LogP contribution in [0.5, 0.6) is 0 Å². The van der Waals surface area contributed by atoms with Crippen molar-refractivity contribution >= 4 is 17.9 Å². The van der Waals surface area contributed by atoms with Gasteiger partial charge in [0.1, 0.15) is 12.6 Å². The van der Waals surface area contributed by atoms with Crippen LogP contribution in [0.15, 0.2) is 0 Å². The molecule has 0 aliphatic carbocycles. The Kier molecular flexibility index (Phi) is 7.64. The van der Waals surface area contributed by atoms with Crippen LogP contribution >= 0.6 is 0 Å². The summed E-state index contributed by atoms with van der Waals surface area (Å²) in [4.78, 5) is 35.8. The molecule has 0 aromatic carbocycles. The number of carbonyl (C=O) groups excluding carboxylic acids is 2. The maximum absolute atomic E-state index is 12.1. The van der Waals surface area contributed by atoms with Gasteiger partial charge in [0, 0.05) is 12.1 Å². The highest BCUT2D eigenvalue weighted by atomic mass is 16.4. The van der Waals surface area contributed by atoms with Crippen molar-refractivity contribution in [1.29, 1.82) is 0 Å². The lowest BCUT2D eigenvalue weighted by Crippen LogP contribution is -2.53. The van der Waals surface area contributed by atoms with Crippen molar-refractivity contribution in [1.82, 2.24) is 15.5 Å². The molecule has 3 amide bonds. The van der Waals surface area contributed by atoms with Crippen molar-refractivity contribution < 1.29 is 19.5 Å². The molecule has 0 heterocycles.